The Kier molecular flexibility index (Phi) is 6.89. The lowest BCUT2D eigenvalue weighted by Gasteiger charge is -2.38. The zero-order valence-corrected chi connectivity index (χ0v) is 10.1. The zero-order chi connectivity index (χ0) is 10.4. The van der Waals surface area contributed by atoms with Crippen LogP contribution >= 0.6 is 12.4 Å². The van der Waals surface area contributed by atoms with Gasteiger partial charge in [-0.25, -0.2) is 0 Å². The minimum absolute atomic E-state index is 0. The normalized spacial score (nSPS) is 17.5. The van der Waals surface area contributed by atoms with Gasteiger partial charge in [-0.15, -0.1) is 12.4 Å². The van der Waals surface area contributed by atoms with Crippen LogP contribution in [-0.4, -0.2) is 31.2 Å². The summed E-state index contributed by atoms with van der Waals surface area (Å²) in [5.74, 6) is 0.0372. The molecule has 90 valence electrons. The second kappa shape index (κ2) is 7.04. The molecule has 0 spiro atoms. The molecule has 0 atom stereocenters. The summed E-state index contributed by atoms with van der Waals surface area (Å²) in [6.45, 7) is 3.69. The summed E-state index contributed by atoms with van der Waals surface area (Å²) < 4.78 is 5.08. The van der Waals surface area contributed by atoms with Gasteiger partial charge in [-0.1, -0.05) is 0 Å². The average molecular weight is 237 g/mol. The van der Waals surface area contributed by atoms with E-state index in [0.717, 1.165) is 12.8 Å². The van der Waals surface area contributed by atoms with Crippen molar-refractivity contribution in [3.05, 3.63) is 0 Å². The lowest BCUT2D eigenvalue weighted by molar-refractivity contribution is -0.122. The lowest BCUT2D eigenvalue weighted by atomic mass is 9.78. The lowest BCUT2D eigenvalue weighted by Crippen LogP contribution is -2.55. The van der Waals surface area contributed by atoms with Crippen molar-refractivity contribution in [1.29, 1.82) is 0 Å². The van der Waals surface area contributed by atoms with Crippen molar-refractivity contribution < 1.29 is 9.53 Å². The summed E-state index contributed by atoms with van der Waals surface area (Å²) in [5, 5.41) is 2.84. The maximum absolute atomic E-state index is 11.3. The maximum Gasteiger partial charge on any atom is 0.222 e. The molecule has 0 radical (unpaired) electrons. The molecule has 0 bridgehead atoms. The van der Waals surface area contributed by atoms with Crippen molar-refractivity contribution >= 4 is 18.3 Å². The average Bonchev–Trinajstić information content (AvgIpc) is 2.12. The number of carbonyl (C=O) groups is 1. The quantitative estimate of drug-likeness (QED) is 0.672. The van der Waals surface area contributed by atoms with Gasteiger partial charge in [0.1, 0.15) is 0 Å². The number of hydrogen-bond acceptors (Lipinski definition) is 3. The van der Waals surface area contributed by atoms with Gasteiger partial charge in [-0.3, -0.25) is 4.79 Å². The van der Waals surface area contributed by atoms with Crippen LogP contribution in [-0.2, 0) is 9.53 Å². The Morgan fingerprint density at radius 2 is 2.20 bits per heavy atom. The van der Waals surface area contributed by atoms with E-state index in [1.165, 1.54) is 6.42 Å². The van der Waals surface area contributed by atoms with Gasteiger partial charge in [-0.2, -0.15) is 0 Å². The number of hydrogen-bond donors (Lipinski definition) is 2. The minimum atomic E-state index is -0.124. The molecule has 4 nitrogen and oxygen atoms in total. The van der Waals surface area contributed by atoms with E-state index in [4.69, 9.17) is 10.5 Å². The third kappa shape index (κ3) is 5.35. The zero-order valence-electron chi connectivity index (χ0n) is 9.25. The number of amides is 1. The van der Waals surface area contributed by atoms with E-state index in [9.17, 15) is 4.79 Å². The fourth-order valence-electron chi connectivity index (χ4n) is 1.48. The van der Waals surface area contributed by atoms with Crippen LogP contribution in [0.2, 0.25) is 0 Å². The molecule has 0 aromatic rings. The van der Waals surface area contributed by atoms with Crippen molar-refractivity contribution in [2.45, 2.75) is 38.1 Å². The molecule has 15 heavy (non-hydrogen) atoms. The fourth-order valence-corrected chi connectivity index (χ4v) is 1.48. The van der Waals surface area contributed by atoms with Gasteiger partial charge in [-0.05, 0) is 26.2 Å². The monoisotopic (exact) mass is 236 g/mol. The third-order valence-corrected chi connectivity index (χ3v) is 2.66. The molecule has 0 aromatic carbocycles. The molecule has 1 rings (SSSR count). The molecule has 1 aliphatic rings. The van der Waals surface area contributed by atoms with Crippen LogP contribution in [0.3, 0.4) is 0 Å². The van der Waals surface area contributed by atoms with Crippen LogP contribution in [0.25, 0.3) is 0 Å². The van der Waals surface area contributed by atoms with E-state index >= 15 is 0 Å². The van der Waals surface area contributed by atoms with E-state index in [2.05, 4.69) is 5.32 Å². The van der Waals surface area contributed by atoms with Gasteiger partial charge in [0.25, 0.3) is 0 Å². The second-order valence-electron chi connectivity index (χ2n) is 3.94. The Hall–Kier alpha value is -0.320. The third-order valence-electron chi connectivity index (χ3n) is 2.66. The number of halogens is 1. The van der Waals surface area contributed by atoms with E-state index in [1.54, 1.807) is 0 Å². The van der Waals surface area contributed by atoms with Crippen molar-refractivity contribution in [2.75, 3.05) is 19.8 Å². The minimum Gasteiger partial charge on any atom is -0.381 e. The largest absolute Gasteiger partial charge is 0.381 e. The first-order valence-electron chi connectivity index (χ1n) is 5.30. The summed E-state index contributed by atoms with van der Waals surface area (Å²) in [7, 11) is 0. The Bertz CT molecular complexity index is 196. The Labute approximate surface area is 97.3 Å². The molecule has 3 N–H and O–H groups in total. The van der Waals surface area contributed by atoms with Crippen molar-refractivity contribution in [1.82, 2.24) is 5.32 Å². The molecule has 1 fully saturated rings. The fraction of sp³-hybridized carbons (Fsp3) is 0.900. The summed E-state index contributed by atoms with van der Waals surface area (Å²) in [6, 6.07) is 0. The van der Waals surface area contributed by atoms with Crippen LogP contribution in [0, 0.1) is 0 Å². The van der Waals surface area contributed by atoms with Gasteiger partial charge in [0.15, 0.2) is 0 Å². The van der Waals surface area contributed by atoms with Crippen LogP contribution in [0.1, 0.15) is 32.6 Å². The molecule has 1 aliphatic carbocycles. The maximum atomic E-state index is 11.3. The van der Waals surface area contributed by atoms with E-state index in [0.29, 0.717) is 26.2 Å². The van der Waals surface area contributed by atoms with Gasteiger partial charge in [0.05, 0.1) is 6.61 Å². The molecular formula is C10H21ClN2O2. The van der Waals surface area contributed by atoms with Gasteiger partial charge < -0.3 is 15.8 Å². The van der Waals surface area contributed by atoms with E-state index in [-0.39, 0.29) is 23.9 Å². The predicted molar refractivity (Wildman–Crippen MR) is 62.1 cm³/mol. The molecule has 1 amide bonds. The number of nitrogens with two attached hydrogens (primary N) is 1. The summed E-state index contributed by atoms with van der Waals surface area (Å²) in [6.07, 6.45) is 3.67. The standard InChI is InChI=1S/C10H20N2O2.ClH/c1-2-14-7-4-9(13)12-8-10(11)5-3-6-10;/h2-8,11H2,1H3,(H,12,13);1H. The second-order valence-corrected chi connectivity index (χ2v) is 3.94. The SMILES string of the molecule is CCOCCC(=O)NCC1(N)CCC1.Cl. The topological polar surface area (TPSA) is 64.3 Å². The predicted octanol–water partition coefficient (Wildman–Crippen LogP) is 0.832. The number of rotatable bonds is 6. The number of carbonyl (C=O) groups excluding carboxylic acids is 1. The van der Waals surface area contributed by atoms with Crippen LogP contribution in [0.4, 0.5) is 0 Å². The first-order chi connectivity index (χ1) is 6.66. The first kappa shape index (κ1) is 14.7. The van der Waals surface area contributed by atoms with Gasteiger partial charge in [0, 0.05) is 25.1 Å². The highest BCUT2D eigenvalue weighted by atomic mass is 35.5. The van der Waals surface area contributed by atoms with Crippen LogP contribution < -0.4 is 11.1 Å². The van der Waals surface area contributed by atoms with Crippen LogP contribution in [0.5, 0.6) is 0 Å². The molecule has 0 unspecified atom stereocenters. The number of nitrogens with one attached hydrogen (secondary N) is 1. The molecule has 0 aliphatic heterocycles. The van der Waals surface area contributed by atoms with Gasteiger partial charge >= 0.3 is 0 Å². The van der Waals surface area contributed by atoms with E-state index < -0.39 is 0 Å². The highest BCUT2D eigenvalue weighted by Crippen LogP contribution is 2.27. The summed E-state index contributed by atoms with van der Waals surface area (Å²) >= 11 is 0. The molecule has 0 aromatic heterocycles. The molecule has 1 saturated carbocycles. The number of ether oxygens (including phenoxy) is 1. The molecule has 0 heterocycles. The Morgan fingerprint density at radius 1 is 1.53 bits per heavy atom. The van der Waals surface area contributed by atoms with Crippen LogP contribution in [0.15, 0.2) is 0 Å². The first-order valence-corrected chi connectivity index (χ1v) is 5.30. The highest BCUT2D eigenvalue weighted by Gasteiger charge is 2.32. The molecule has 0 saturated heterocycles. The van der Waals surface area contributed by atoms with Crippen molar-refractivity contribution in [3.8, 4) is 0 Å². The Morgan fingerprint density at radius 3 is 2.67 bits per heavy atom. The van der Waals surface area contributed by atoms with Gasteiger partial charge in [0.2, 0.25) is 5.91 Å². The summed E-state index contributed by atoms with van der Waals surface area (Å²) in [4.78, 5) is 11.3. The smallest absolute Gasteiger partial charge is 0.222 e. The van der Waals surface area contributed by atoms with Crippen molar-refractivity contribution in [3.63, 3.8) is 0 Å². The molecule has 5 heteroatoms. The molecular weight excluding hydrogens is 216 g/mol. The van der Waals surface area contributed by atoms with Crippen molar-refractivity contribution in [2.24, 2.45) is 5.73 Å². The summed E-state index contributed by atoms with van der Waals surface area (Å²) in [5.41, 5.74) is 5.84. The van der Waals surface area contributed by atoms with E-state index in [1.807, 2.05) is 6.92 Å². The Balaban J connectivity index is 0.00000196. The highest BCUT2D eigenvalue weighted by molar-refractivity contribution is 5.85.